The fraction of sp³-hybridized carbons (Fsp3) is 0.161. The molecule has 1 fully saturated rings. The van der Waals surface area contributed by atoms with E-state index in [0.717, 1.165) is 22.3 Å². The van der Waals surface area contributed by atoms with Crippen molar-refractivity contribution in [2.75, 3.05) is 4.90 Å². The molecule has 4 aliphatic rings. The lowest BCUT2D eigenvalue weighted by Gasteiger charge is -2.52. The van der Waals surface area contributed by atoms with Crippen LogP contribution in [0.2, 0.25) is 10.0 Å². The van der Waals surface area contributed by atoms with Gasteiger partial charge in [-0.15, -0.1) is 0 Å². The third-order valence-electron chi connectivity index (χ3n) is 8.23. The summed E-state index contributed by atoms with van der Waals surface area (Å²) in [5.41, 5.74) is 5.36. The molecule has 2 heterocycles. The second kappa shape index (κ2) is 8.91. The molecule has 4 aromatic rings. The number of rotatable bonds is 4. The first-order valence-corrected chi connectivity index (χ1v) is 13.5. The van der Waals surface area contributed by atoms with Gasteiger partial charge in [-0.05, 0) is 59.5 Å². The van der Waals surface area contributed by atoms with E-state index in [2.05, 4.69) is 10.5 Å². The van der Waals surface area contributed by atoms with Crippen LogP contribution >= 0.6 is 23.2 Å². The van der Waals surface area contributed by atoms with Gasteiger partial charge in [0.15, 0.2) is 5.76 Å². The molecule has 7 nitrogen and oxygen atoms in total. The summed E-state index contributed by atoms with van der Waals surface area (Å²) >= 11 is 12.6. The summed E-state index contributed by atoms with van der Waals surface area (Å²) in [6.07, 6.45) is 1.60. The normalized spacial score (nSPS) is 24.3. The third kappa shape index (κ3) is 3.31. The van der Waals surface area contributed by atoms with E-state index >= 15 is 0 Å². The van der Waals surface area contributed by atoms with Gasteiger partial charge in [0.1, 0.15) is 5.76 Å². The summed E-state index contributed by atoms with van der Waals surface area (Å²) < 4.78 is 5.43. The molecular formula is C31H21Cl2N3O4. The highest BCUT2D eigenvalue weighted by molar-refractivity contribution is 6.38. The predicted molar refractivity (Wildman–Crippen MR) is 151 cm³/mol. The number of furan rings is 1. The number of carbonyl (C=O) groups excluding carboxylic acids is 3. The van der Waals surface area contributed by atoms with Gasteiger partial charge in [-0.1, -0.05) is 71.7 Å². The molecule has 8 rings (SSSR count). The molecule has 2 bridgehead atoms. The van der Waals surface area contributed by atoms with Crippen molar-refractivity contribution in [3.63, 3.8) is 0 Å². The Labute approximate surface area is 239 Å². The highest BCUT2D eigenvalue weighted by atomic mass is 35.5. The van der Waals surface area contributed by atoms with E-state index in [1.165, 1.54) is 11.0 Å². The van der Waals surface area contributed by atoms with E-state index in [9.17, 15) is 14.4 Å². The lowest BCUT2D eigenvalue weighted by atomic mass is 9.47. The Balaban J connectivity index is 1.42. The number of hydrogen-bond acceptors (Lipinski definition) is 5. The lowest BCUT2D eigenvalue weighted by molar-refractivity contribution is -0.122. The fourth-order valence-corrected chi connectivity index (χ4v) is 7.25. The summed E-state index contributed by atoms with van der Waals surface area (Å²) in [7, 11) is 0. The number of amides is 3. The van der Waals surface area contributed by atoms with Crippen LogP contribution in [0, 0.1) is 18.8 Å². The molecule has 0 radical (unpaired) electrons. The largest absolute Gasteiger partial charge is 0.456 e. The summed E-state index contributed by atoms with van der Waals surface area (Å²) in [5, 5.41) is 4.99. The number of imide groups is 1. The molecule has 198 valence electrons. The maximum atomic E-state index is 14.4. The first-order valence-electron chi connectivity index (χ1n) is 12.8. The van der Waals surface area contributed by atoms with Gasteiger partial charge in [-0.2, -0.15) is 5.10 Å². The van der Waals surface area contributed by atoms with Gasteiger partial charge in [-0.3, -0.25) is 14.4 Å². The van der Waals surface area contributed by atoms with Crippen molar-refractivity contribution in [2.24, 2.45) is 16.9 Å². The highest BCUT2D eigenvalue weighted by Gasteiger charge is 2.68. The monoisotopic (exact) mass is 569 g/mol. The second-order valence-electron chi connectivity index (χ2n) is 10.2. The maximum absolute atomic E-state index is 14.4. The number of hydrogen-bond donors (Lipinski definition) is 1. The Morgan fingerprint density at radius 2 is 1.62 bits per heavy atom. The van der Waals surface area contributed by atoms with Crippen LogP contribution in [0.4, 0.5) is 5.69 Å². The molecule has 3 amide bonds. The van der Waals surface area contributed by atoms with Crippen LogP contribution in [0.1, 0.15) is 44.5 Å². The van der Waals surface area contributed by atoms with Crippen molar-refractivity contribution in [1.29, 1.82) is 0 Å². The Morgan fingerprint density at radius 1 is 0.950 bits per heavy atom. The average molecular weight is 570 g/mol. The summed E-state index contributed by atoms with van der Waals surface area (Å²) in [4.78, 5) is 42.5. The molecule has 2 atom stereocenters. The van der Waals surface area contributed by atoms with Gasteiger partial charge in [0, 0.05) is 17.2 Å². The number of hydrazone groups is 1. The molecule has 1 aliphatic heterocycles. The highest BCUT2D eigenvalue weighted by Crippen LogP contribution is 2.63. The molecule has 3 aliphatic carbocycles. The molecule has 1 aromatic heterocycles. The van der Waals surface area contributed by atoms with Crippen molar-refractivity contribution in [3.8, 4) is 0 Å². The summed E-state index contributed by atoms with van der Waals surface area (Å²) in [6, 6.07) is 23.6. The summed E-state index contributed by atoms with van der Waals surface area (Å²) in [6.45, 7) is 1.74. The number of nitrogens with one attached hydrogen (secondary N) is 1. The Kier molecular flexibility index (Phi) is 5.53. The minimum Gasteiger partial charge on any atom is -0.456 e. The Morgan fingerprint density at radius 3 is 2.25 bits per heavy atom. The topological polar surface area (TPSA) is 92.0 Å². The van der Waals surface area contributed by atoms with Crippen LogP contribution < -0.4 is 10.3 Å². The molecule has 3 aromatic carbocycles. The quantitative estimate of drug-likeness (QED) is 0.189. The Hall–Kier alpha value is -4.20. The van der Waals surface area contributed by atoms with Gasteiger partial charge >= 0.3 is 5.91 Å². The smallest absolute Gasteiger partial charge is 0.307 e. The fourth-order valence-electron chi connectivity index (χ4n) is 6.75. The van der Waals surface area contributed by atoms with Crippen molar-refractivity contribution in [2.45, 2.75) is 18.3 Å². The SMILES string of the molecule is Cc1ccc(C(=O)N/N=C\C23c4ccccc4C(c4ccccc42)[C@@H]2C(=O)N(c4ccc(Cl)cc4Cl)C(=O)[C@@H]23)o1. The van der Waals surface area contributed by atoms with Crippen molar-refractivity contribution >= 4 is 52.8 Å². The van der Waals surface area contributed by atoms with E-state index in [4.69, 9.17) is 27.6 Å². The van der Waals surface area contributed by atoms with Gasteiger partial charge in [0.05, 0.1) is 28.0 Å². The van der Waals surface area contributed by atoms with Crippen molar-refractivity contribution < 1.29 is 18.8 Å². The first kappa shape index (κ1) is 24.8. The molecular weight excluding hydrogens is 549 g/mol. The molecule has 1 N–H and O–H groups in total. The number of anilines is 1. The predicted octanol–water partition coefficient (Wildman–Crippen LogP) is 5.86. The van der Waals surface area contributed by atoms with E-state index in [1.54, 1.807) is 37.4 Å². The van der Waals surface area contributed by atoms with Gasteiger partial charge in [0.2, 0.25) is 11.8 Å². The molecule has 40 heavy (non-hydrogen) atoms. The maximum Gasteiger partial charge on any atom is 0.307 e. The van der Waals surface area contributed by atoms with E-state index < -0.39 is 23.2 Å². The number of nitrogens with zero attached hydrogens (tertiary/aromatic N) is 2. The minimum atomic E-state index is -1.13. The zero-order valence-corrected chi connectivity index (χ0v) is 22.6. The zero-order valence-electron chi connectivity index (χ0n) is 21.1. The van der Waals surface area contributed by atoms with Crippen LogP contribution in [0.25, 0.3) is 0 Å². The molecule has 0 unspecified atom stereocenters. The molecule has 0 spiro atoms. The van der Waals surface area contributed by atoms with E-state index in [0.29, 0.717) is 10.8 Å². The first-order chi connectivity index (χ1) is 19.3. The van der Waals surface area contributed by atoms with Crippen LogP contribution in [0.5, 0.6) is 0 Å². The zero-order chi connectivity index (χ0) is 27.8. The number of halogens is 2. The van der Waals surface area contributed by atoms with E-state index in [1.807, 2.05) is 48.5 Å². The number of aryl methyl sites for hydroxylation is 1. The van der Waals surface area contributed by atoms with Crippen LogP contribution in [-0.4, -0.2) is 23.9 Å². The van der Waals surface area contributed by atoms with Gasteiger partial charge in [-0.25, -0.2) is 10.3 Å². The number of carbonyl (C=O) groups is 3. The van der Waals surface area contributed by atoms with Crippen molar-refractivity contribution in [3.05, 3.63) is 123 Å². The second-order valence-corrected chi connectivity index (χ2v) is 11.1. The van der Waals surface area contributed by atoms with Crippen LogP contribution in [0.3, 0.4) is 0 Å². The Bertz CT molecular complexity index is 1730. The van der Waals surface area contributed by atoms with E-state index in [-0.39, 0.29) is 34.2 Å². The van der Waals surface area contributed by atoms with Crippen LogP contribution in [-0.2, 0) is 15.0 Å². The summed E-state index contributed by atoms with van der Waals surface area (Å²) in [5.74, 6) is -2.36. The minimum absolute atomic E-state index is 0.119. The molecule has 1 saturated heterocycles. The molecule has 9 heteroatoms. The van der Waals surface area contributed by atoms with Gasteiger partial charge in [0.25, 0.3) is 0 Å². The lowest BCUT2D eigenvalue weighted by Crippen LogP contribution is -2.54. The standard InChI is InChI=1S/C31H21Cl2N3O4/c1-16-10-13-24(40-16)28(37)35-34-15-31-20-8-4-2-6-18(20)25(19-7-3-5-9-21(19)31)26-27(31)30(39)36(29(26)38)23-12-11-17(32)14-22(23)33/h2-15,25-27H,1H3,(H,35,37)/b34-15-/t25?,26-,27+,31?/m0/s1. The number of benzene rings is 3. The van der Waals surface area contributed by atoms with Crippen LogP contribution in [0.15, 0.2) is 88.4 Å². The molecule has 0 saturated carbocycles. The average Bonchev–Trinajstić information content (AvgIpc) is 3.50. The third-order valence-corrected chi connectivity index (χ3v) is 8.77. The van der Waals surface area contributed by atoms with Gasteiger partial charge < -0.3 is 4.42 Å². The van der Waals surface area contributed by atoms with Crippen molar-refractivity contribution in [1.82, 2.24) is 5.43 Å².